The third-order valence-corrected chi connectivity index (χ3v) is 4.73. The van der Waals surface area contributed by atoms with Gasteiger partial charge in [-0.2, -0.15) is 0 Å². The summed E-state index contributed by atoms with van der Waals surface area (Å²) in [7, 11) is 0. The van der Waals surface area contributed by atoms with Gasteiger partial charge in [0, 0.05) is 0 Å². The first-order valence-corrected chi connectivity index (χ1v) is 7.68. The number of hydrogen-bond acceptors (Lipinski definition) is 2. The highest BCUT2D eigenvalue weighted by Gasteiger charge is 2.32. The van der Waals surface area contributed by atoms with Gasteiger partial charge in [-0.1, -0.05) is 49.3 Å². The zero-order valence-electron chi connectivity index (χ0n) is 13.3. The summed E-state index contributed by atoms with van der Waals surface area (Å²) in [5.74, 6) is 0. The summed E-state index contributed by atoms with van der Waals surface area (Å²) < 4.78 is 0. The fourth-order valence-electron chi connectivity index (χ4n) is 3.79. The fourth-order valence-corrected chi connectivity index (χ4v) is 3.79. The maximum atomic E-state index is 8.97. The first-order chi connectivity index (χ1) is 9.34. The molecule has 0 radical (unpaired) electrons. The SMILES string of the molecule is CC1=CCCC(C)(C=CC2(C)CC(C)=CC(OO)C2)C1. The molecule has 2 aliphatic carbocycles. The van der Waals surface area contributed by atoms with Crippen molar-refractivity contribution in [2.24, 2.45) is 10.8 Å². The summed E-state index contributed by atoms with van der Waals surface area (Å²) in [6, 6.07) is 0. The first-order valence-electron chi connectivity index (χ1n) is 7.68. The lowest BCUT2D eigenvalue weighted by Gasteiger charge is -2.36. The van der Waals surface area contributed by atoms with E-state index in [4.69, 9.17) is 5.26 Å². The molecule has 2 aliphatic rings. The molecular weight excluding hydrogens is 248 g/mol. The van der Waals surface area contributed by atoms with Crippen LogP contribution in [0.5, 0.6) is 0 Å². The minimum atomic E-state index is -0.167. The molecule has 0 aromatic rings. The van der Waals surface area contributed by atoms with Crippen LogP contribution in [0, 0.1) is 10.8 Å². The average molecular weight is 276 g/mol. The highest BCUT2D eigenvalue weighted by Crippen LogP contribution is 2.42. The summed E-state index contributed by atoms with van der Waals surface area (Å²) in [6.07, 6.45) is 14.5. The molecule has 3 atom stereocenters. The van der Waals surface area contributed by atoms with Crippen molar-refractivity contribution in [3.05, 3.63) is 35.5 Å². The fraction of sp³-hybridized carbons (Fsp3) is 0.667. The maximum Gasteiger partial charge on any atom is 0.112 e. The predicted molar refractivity (Wildman–Crippen MR) is 83.5 cm³/mol. The van der Waals surface area contributed by atoms with Gasteiger partial charge in [0.15, 0.2) is 0 Å². The molecule has 0 aliphatic heterocycles. The normalized spacial score (nSPS) is 38.8. The van der Waals surface area contributed by atoms with Crippen LogP contribution in [0.3, 0.4) is 0 Å². The number of hydrogen-bond donors (Lipinski definition) is 1. The topological polar surface area (TPSA) is 29.5 Å². The van der Waals surface area contributed by atoms with Crippen LogP contribution in [0.1, 0.15) is 59.8 Å². The predicted octanol–water partition coefficient (Wildman–Crippen LogP) is 5.28. The molecule has 2 nitrogen and oxygen atoms in total. The van der Waals surface area contributed by atoms with Gasteiger partial charge in [0.2, 0.25) is 0 Å². The van der Waals surface area contributed by atoms with Crippen molar-refractivity contribution in [1.29, 1.82) is 0 Å². The molecule has 0 heterocycles. The van der Waals surface area contributed by atoms with Crippen molar-refractivity contribution in [1.82, 2.24) is 0 Å². The zero-order valence-corrected chi connectivity index (χ0v) is 13.3. The molecule has 20 heavy (non-hydrogen) atoms. The third kappa shape index (κ3) is 3.83. The van der Waals surface area contributed by atoms with Crippen LogP contribution in [-0.2, 0) is 4.89 Å². The van der Waals surface area contributed by atoms with Crippen molar-refractivity contribution < 1.29 is 10.1 Å². The molecule has 112 valence electrons. The van der Waals surface area contributed by atoms with E-state index in [1.807, 2.05) is 6.08 Å². The van der Waals surface area contributed by atoms with Gasteiger partial charge in [-0.15, -0.1) is 0 Å². The summed E-state index contributed by atoms with van der Waals surface area (Å²) >= 11 is 0. The second-order valence-electron chi connectivity index (χ2n) is 7.45. The molecule has 0 spiro atoms. The molecule has 2 heteroatoms. The second-order valence-corrected chi connectivity index (χ2v) is 7.45. The Bertz CT molecular complexity index is 446. The second kappa shape index (κ2) is 5.87. The average Bonchev–Trinajstić information content (AvgIpc) is 2.35. The number of rotatable bonds is 3. The molecule has 0 amide bonds. The van der Waals surface area contributed by atoms with Crippen LogP contribution in [0.15, 0.2) is 35.5 Å². The van der Waals surface area contributed by atoms with E-state index in [1.165, 1.54) is 24.0 Å². The van der Waals surface area contributed by atoms with E-state index in [0.717, 1.165) is 19.3 Å². The summed E-state index contributed by atoms with van der Waals surface area (Å²) in [4.78, 5) is 4.57. The molecular formula is C18H28O2. The zero-order chi connectivity index (χ0) is 14.8. The van der Waals surface area contributed by atoms with Gasteiger partial charge >= 0.3 is 0 Å². The van der Waals surface area contributed by atoms with E-state index >= 15 is 0 Å². The van der Waals surface area contributed by atoms with E-state index in [1.54, 1.807) is 0 Å². The minimum absolute atomic E-state index is 0.0876. The van der Waals surface area contributed by atoms with E-state index in [-0.39, 0.29) is 16.9 Å². The highest BCUT2D eigenvalue weighted by atomic mass is 17.1. The minimum Gasteiger partial charge on any atom is -0.251 e. The van der Waals surface area contributed by atoms with Gasteiger partial charge < -0.3 is 0 Å². The van der Waals surface area contributed by atoms with Gasteiger partial charge in [0.1, 0.15) is 6.10 Å². The Kier molecular flexibility index (Phi) is 4.55. The van der Waals surface area contributed by atoms with Gasteiger partial charge in [-0.3, -0.25) is 5.26 Å². The molecule has 1 N–H and O–H groups in total. The molecule has 0 saturated heterocycles. The molecule has 0 aromatic heterocycles. The Balaban J connectivity index is 2.10. The lowest BCUT2D eigenvalue weighted by molar-refractivity contribution is -0.271. The van der Waals surface area contributed by atoms with Gasteiger partial charge in [-0.05, 0) is 56.8 Å². The van der Waals surface area contributed by atoms with Crippen LogP contribution in [0.25, 0.3) is 0 Å². The Morgan fingerprint density at radius 2 is 1.80 bits per heavy atom. The lowest BCUT2D eigenvalue weighted by atomic mass is 9.70. The molecule has 2 rings (SSSR count). The van der Waals surface area contributed by atoms with Crippen molar-refractivity contribution >= 4 is 0 Å². The molecule has 0 fully saturated rings. The summed E-state index contributed by atoms with van der Waals surface area (Å²) in [5.41, 5.74) is 3.17. The standard InChI is InChI=1S/C18H28O2/c1-14-6-5-7-17(3,11-14)8-9-18(4)12-15(2)10-16(13-18)20-19/h6,8-10,16,19H,5,7,11-13H2,1-4H3. The van der Waals surface area contributed by atoms with Crippen LogP contribution < -0.4 is 0 Å². The molecule has 0 saturated carbocycles. The van der Waals surface area contributed by atoms with E-state index in [9.17, 15) is 0 Å². The van der Waals surface area contributed by atoms with E-state index in [0.29, 0.717) is 0 Å². The van der Waals surface area contributed by atoms with Crippen molar-refractivity contribution in [3.63, 3.8) is 0 Å². The maximum absolute atomic E-state index is 8.97. The number of allylic oxidation sites excluding steroid dienone is 5. The Labute approximate surface area is 123 Å². The van der Waals surface area contributed by atoms with Gasteiger partial charge in [0.05, 0.1) is 0 Å². The summed E-state index contributed by atoms with van der Waals surface area (Å²) in [5, 5.41) is 8.97. The van der Waals surface area contributed by atoms with Crippen LogP contribution >= 0.6 is 0 Å². The van der Waals surface area contributed by atoms with Crippen LogP contribution in [0.4, 0.5) is 0 Å². The van der Waals surface area contributed by atoms with Gasteiger partial charge in [-0.25, -0.2) is 4.89 Å². The Morgan fingerprint density at radius 3 is 2.45 bits per heavy atom. The van der Waals surface area contributed by atoms with Crippen molar-refractivity contribution in [2.75, 3.05) is 0 Å². The van der Waals surface area contributed by atoms with Crippen LogP contribution in [0.2, 0.25) is 0 Å². The molecule has 0 bridgehead atoms. The quantitative estimate of drug-likeness (QED) is 0.431. The van der Waals surface area contributed by atoms with E-state index in [2.05, 4.69) is 50.8 Å². The first kappa shape index (κ1) is 15.5. The summed E-state index contributed by atoms with van der Waals surface area (Å²) in [6.45, 7) is 8.97. The van der Waals surface area contributed by atoms with Crippen LogP contribution in [-0.4, -0.2) is 11.4 Å². The largest absolute Gasteiger partial charge is 0.251 e. The molecule has 3 unspecified atom stereocenters. The third-order valence-electron chi connectivity index (χ3n) is 4.73. The monoisotopic (exact) mass is 276 g/mol. The Hall–Kier alpha value is -0.860. The molecule has 0 aromatic carbocycles. The van der Waals surface area contributed by atoms with E-state index < -0.39 is 0 Å². The highest BCUT2D eigenvalue weighted by molar-refractivity contribution is 5.19. The van der Waals surface area contributed by atoms with Crippen molar-refractivity contribution in [2.45, 2.75) is 65.9 Å². The van der Waals surface area contributed by atoms with Crippen molar-refractivity contribution in [3.8, 4) is 0 Å². The Morgan fingerprint density at radius 1 is 1.15 bits per heavy atom. The smallest absolute Gasteiger partial charge is 0.112 e. The van der Waals surface area contributed by atoms with Gasteiger partial charge in [0.25, 0.3) is 0 Å². The lowest BCUT2D eigenvalue weighted by Crippen LogP contribution is -2.28.